The molecule has 1 amide bonds. The number of nitrogens with zero attached hydrogens (tertiary/aromatic N) is 2. The lowest BCUT2D eigenvalue weighted by molar-refractivity contribution is 0.0738. The molecule has 8 heteroatoms. The fourth-order valence-electron chi connectivity index (χ4n) is 2.17. The average Bonchev–Trinajstić information content (AvgIpc) is 2.82. The van der Waals surface area contributed by atoms with E-state index in [1.54, 1.807) is 14.1 Å². The Hall–Kier alpha value is -0.720. The minimum Gasteiger partial charge on any atom is -0.336 e. The quantitative estimate of drug-likeness (QED) is 0.830. The molecule has 0 bridgehead atoms. The zero-order valence-corrected chi connectivity index (χ0v) is 12.9. The number of rotatable bonds is 2. The molecule has 0 aromatic carbocycles. The van der Waals surface area contributed by atoms with Crippen LogP contribution in [0.5, 0.6) is 0 Å². The first-order chi connectivity index (χ1) is 8.73. The molecule has 2 rings (SSSR count). The van der Waals surface area contributed by atoms with Gasteiger partial charge in [0.1, 0.15) is 10.8 Å². The van der Waals surface area contributed by atoms with Gasteiger partial charge in [-0.3, -0.25) is 4.79 Å². The van der Waals surface area contributed by atoms with E-state index in [1.807, 2.05) is 0 Å². The SMILES string of the molecule is CN(C(=O)c1cc(Cl)c(Cl)n1C)[C@H]1CCS(=O)(=O)C1. The Labute approximate surface area is 122 Å². The van der Waals surface area contributed by atoms with Crippen LogP contribution in [0.15, 0.2) is 6.07 Å². The number of carbonyl (C=O) groups is 1. The largest absolute Gasteiger partial charge is 0.336 e. The normalized spacial score (nSPS) is 21.6. The maximum atomic E-state index is 12.3. The summed E-state index contributed by atoms with van der Waals surface area (Å²) < 4.78 is 24.4. The van der Waals surface area contributed by atoms with Crippen molar-refractivity contribution < 1.29 is 13.2 Å². The van der Waals surface area contributed by atoms with Crippen LogP contribution in [0.25, 0.3) is 0 Å². The van der Waals surface area contributed by atoms with Gasteiger partial charge in [0.05, 0.1) is 16.5 Å². The van der Waals surface area contributed by atoms with Crippen LogP contribution in [-0.4, -0.2) is 48.4 Å². The summed E-state index contributed by atoms with van der Waals surface area (Å²) in [4.78, 5) is 13.8. The molecule has 1 aromatic heterocycles. The molecule has 0 aliphatic carbocycles. The highest BCUT2D eigenvalue weighted by Gasteiger charge is 2.34. The summed E-state index contributed by atoms with van der Waals surface area (Å²) in [7, 11) is 0.217. The molecule has 1 saturated heterocycles. The molecular formula is C11H14Cl2N2O3S. The Morgan fingerprint density at radius 2 is 2.11 bits per heavy atom. The van der Waals surface area contributed by atoms with Crippen molar-refractivity contribution in [3.05, 3.63) is 21.9 Å². The number of hydrogen-bond donors (Lipinski definition) is 0. The van der Waals surface area contributed by atoms with Gasteiger partial charge >= 0.3 is 0 Å². The summed E-state index contributed by atoms with van der Waals surface area (Å²) in [5, 5.41) is 0.595. The van der Waals surface area contributed by atoms with Crippen molar-refractivity contribution in [3.8, 4) is 0 Å². The lowest BCUT2D eigenvalue weighted by Gasteiger charge is -2.23. The number of amides is 1. The van der Waals surface area contributed by atoms with E-state index in [2.05, 4.69) is 0 Å². The zero-order valence-electron chi connectivity index (χ0n) is 10.6. The lowest BCUT2D eigenvalue weighted by atomic mass is 10.2. The number of halogens is 2. The summed E-state index contributed by atoms with van der Waals surface area (Å²) in [5.74, 6) is -0.135. The second-order valence-corrected chi connectivity index (χ2v) is 7.69. The third-order valence-corrected chi connectivity index (χ3v) is 6.00. The van der Waals surface area contributed by atoms with Gasteiger partial charge in [-0.05, 0) is 12.5 Å². The summed E-state index contributed by atoms with van der Waals surface area (Å²) in [5.41, 5.74) is 0.349. The molecule has 0 radical (unpaired) electrons. The van der Waals surface area contributed by atoms with Gasteiger partial charge in [-0.2, -0.15) is 0 Å². The molecule has 1 aliphatic heterocycles. The fraction of sp³-hybridized carbons (Fsp3) is 0.545. The average molecular weight is 325 g/mol. The van der Waals surface area contributed by atoms with E-state index in [-0.39, 0.29) is 28.6 Å². The smallest absolute Gasteiger partial charge is 0.270 e. The van der Waals surface area contributed by atoms with Crippen molar-refractivity contribution in [1.82, 2.24) is 9.47 Å². The van der Waals surface area contributed by atoms with Gasteiger partial charge < -0.3 is 9.47 Å². The zero-order chi connectivity index (χ0) is 14.4. The molecule has 5 nitrogen and oxygen atoms in total. The van der Waals surface area contributed by atoms with Gasteiger partial charge in [0.25, 0.3) is 5.91 Å². The van der Waals surface area contributed by atoms with Crippen LogP contribution in [0.1, 0.15) is 16.9 Å². The first kappa shape index (κ1) is 14.7. The summed E-state index contributed by atoms with van der Waals surface area (Å²) in [6.07, 6.45) is 0.469. The molecule has 0 spiro atoms. The monoisotopic (exact) mass is 324 g/mol. The summed E-state index contributed by atoms with van der Waals surface area (Å²) in [6, 6.07) is 1.21. The highest BCUT2D eigenvalue weighted by molar-refractivity contribution is 7.91. The minimum absolute atomic E-state index is 0.0150. The van der Waals surface area contributed by atoms with Gasteiger partial charge in [0, 0.05) is 20.1 Å². The van der Waals surface area contributed by atoms with Gasteiger partial charge in [0.2, 0.25) is 0 Å². The van der Waals surface area contributed by atoms with Crippen LogP contribution in [0, 0.1) is 0 Å². The first-order valence-corrected chi connectivity index (χ1v) is 8.29. The maximum absolute atomic E-state index is 12.3. The molecular weight excluding hydrogens is 311 g/mol. The van der Waals surface area contributed by atoms with Gasteiger partial charge in [-0.1, -0.05) is 23.2 Å². The van der Waals surface area contributed by atoms with E-state index in [0.29, 0.717) is 17.1 Å². The molecule has 1 atom stereocenters. The minimum atomic E-state index is -3.02. The molecule has 2 heterocycles. The van der Waals surface area contributed by atoms with Crippen molar-refractivity contribution in [1.29, 1.82) is 0 Å². The van der Waals surface area contributed by atoms with E-state index in [1.165, 1.54) is 15.5 Å². The number of sulfone groups is 1. The predicted molar refractivity (Wildman–Crippen MR) is 74.6 cm³/mol. The number of aromatic nitrogens is 1. The van der Waals surface area contributed by atoms with Crippen LogP contribution in [0.4, 0.5) is 0 Å². The molecule has 106 valence electrons. The van der Waals surface area contributed by atoms with E-state index < -0.39 is 9.84 Å². The van der Waals surface area contributed by atoms with E-state index in [0.717, 1.165) is 0 Å². The third-order valence-electron chi connectivity index (χ3n) is 3.41. The van der Waals surface area contributed by atoms with Crippen LogP contribution in [0.3, 0.4) is 0 Å². The first-order valence-electron chi connectivity index (χ1n) is 5.71. The fourth-order valence-corrected chi connectivity index (χ4v) is 4.33. The molecule has 0 unspecified atom stereocenters. The predicted octanol–water partition coefficient (Wildman–Crippen LogP) is 1.59. The Morgan fingerprint density at radius 1 is 1.47 bits per heavy atom. The van der Waals surface area contributed by atoms with Crippen molar-refractivity contribution in [2.45, 2.75) is 12.5 Å². The Balaban J connectivity index is 2.22. The molecule has 1 fully saturated rings. The molecule has 1 aliphatic rings. The topological polar surface area (TPSA) is 59.4 Å². The molecule has 1 aromatic rings. The molecule has 19 heavy (non-hydrogen) atoms. The van der Waals surface area contributed by atoms with Crippen molar-refractivity contribution in [2.75, 3.05) is 18.6 Å². The second-order valence-electron chi connectivity index (χ2n) is 4.70. The standard InChI is InChI=1S/C11H14Cl2N2O3S/c1-14(7-3-4-19(17,18)6-7)11(16)9-5-8(12)10(13)15(9)2/h5,7H,3-4,6H2,1-2H3/t7-/m0/s1. The van der Waals surface area contributed by atoms with Crippen LogP contribution >= 0.6 is 23.2 Å². The Kier molecular flexibility index (Phi) is 3.86. The van der Waals surface area contributed by atoms with Crippen LogP contribution in [0.2, 0.25) is 10.2 Å². The van der Waals surface area contributed by atoms with Crippen LogP contribution in [-0.2, 0) is 16.9 Å². The summed E-state index contributed by atoms with van der Waals surface area (Å²) in [6.45, 7) is 0. The number of carbonyl (C=O) groups excluding carboxylic acids is 1. The highest BCUT2D eigenvalue weighted by atomic mass is 35.5. The molecule has 0 saturated carbocycles. The van der Waals surface area contributed by atoms with Gasteiger partial charge in [-0.25, -0.2) is 8.42 Å². The number of hydrogen-bond acceptors (Lipinski definition) is 3. The maximum Gasteiger partial charge on any atom is 0.270 e. The Bertz CT molecular complexity index is 624. The van der Waals surface area contributed by atoms with Crippen LogP contribution < -0.4 is 0 Å². The third kappa shape index (κ3) is 2.75. The van der Waals surface area contributed by atoms with E-state index in [4.69, 9.17) is 23.2 Å². The Morgan fingerprint density at radius 3 is 2.53 bits per heavy atom. The van der Waals surface area contributed by atoms with Gasteiger partial charge in [-0.15, -0.1) is 0 Å². The van der Waals surface area contributed by atoms with Gasteiger partial charge in [0.15, 0.2) is 9.84 Å². The second kappa shape index (κ2) is 5.00. The highest BCUT2D eigenvalue weighted by Crippen LogP contribution is 2.27. The van der Waals surface area contributed by atoms with Crippen molar-refractivity contribution >= 4 is 38.9 Å². The molecule has 0 N–H and O–H groups in total. The van der Waals surface area contributed by atoms with E-state index in [9.17, 15) is 13.2 Å². The van der Waals surface area contributed by atoms with Crippen molar-refractivity contribution in [2.24, 2.45) is 7.05 Å². The van der Waals surface area contributed by atoms with Crippen molar-refractivity contribution in [3.63, 3.8) is 0 Å². The van der Waals surface area contributed by atoms with E-state index >= 15 is 0 Å². The summed E-state index contributed by atoms with van der Waals surface area (Å²) >= 11 is 11.8. The lowest BCUT2D eigenvalue weighted by Crippen LogP contribution is -2.38.